The van der Waals surface area contributed by atoms with Gasteiger partial charge in [-0.1, -0.05) is 12.8 Å². The van der Waals surface area contributed by atoms with Crippen molar-refractivity contribution in [2.24, 2.45) is 10.9 Å². The molecule has 1 aliphatic rings. The average Bonchev–Trinajstić information content (AvgIpc) is 3.05. The molecule has 0 amide bonds. The van der Waals surface area contributed by atoms with Crippen LogP contribution in [0.3, 0.4) is 0 Å². The molecule has 5 nitrogen and oxygen atoms in total. The van der Waals surface area contributed by atoms with Crippen LogP contribution in [0.5, 0.6) is 0 Å². The molecule has 0 radical (unpaired) electrons. The number of halogens is 1. The molecule has 0 aromatic carbocycles. The van der Waals surface area contributed by atoms with Gasteiger partial charge in [0.25, 0.3) is 0 Å². The third kappa shape index (κ3) is 10.4. The molecule has 1 rings (SSSR count). The predicted octanol–water partition coefficient (Wildman–Crippen LogP) is 3.18. The zero-order valence-electron chi connectivity index (χ0n) is 15.1. The number of hydrogen-bond donors (Lipinski definition) is 2. The minimum absolute atomic E-state index is 0. The summed E-state index contributed by atoms with van der Waals surface area (Å²) in [6.45, 7) is 8.35. The first-order chi connectivity index (χ1) is 10.8. The summed E-state index contributed by atoms with van der Waals surface area (Å²) in [5.41, 5.74) is 0. The second kappa shape index (κ2) is 15.4. The Morgan fingerprint density at radius 2 is 1.96 bits per heavy atom. The van der Waals surface area contributed by atoms with E-state index in [0.717, 1.165) is 57.6 Å². The van der Waals surface area contributed by atoms with E-state index in [-0.39, 0.29) is 24.0 Å². The minimum Gasteiger partial charge on any atom is -0.385 e. The Labute approximate surface area is 159 Å². The van der Waals surface area contributed by atoms with Gasteiger partial charge in [0.2, 0.25) is 0 Å². The molecule has 1 aliphatic carbocycles. The van der Waals surface area contributed by atoms with Gasteiger partial charge in [0.15, 0.2) is 5.96 Å². The van der Waals surface area contributed by atoms with Crippen molar-refractivity contribution in [1.29, 1.82) is 0 Å². The highest BCUT2D eigenvalue weighted by Gasteiger charge is 2.24. The summed E-state index contributed by atoms with van der Waals surface area (Å²) in [5, 5.41) is 6.72. The number of nitrogens with one attached hydrogen (secondary N) is 2. The molecular formula is C17H36IN3O2. The molecule has 0 spiro atoms. The lowest BCUT2D eigenvalue weighted by atomic mass is 9.98. The van der Waals surface area contributed by atoms with E-state index >= 15 is 0 Å². The quantitative estimate of drug-likeness (QED) is 0.224. The highest BCUT2D eigenvalue weighted by molar-refractivity contribution is 14.0. The molecule has 0 aromatic rings. The zero-order valence-corrected chi connectivity index (χ0v) is 17.4. The first kappa shape index (κ1) is 22.9. The van der Waals surface area contributed by atoms with Gasteiger partial charge in [-0.3, -0.25) is 4.99 Å². The molecular weight excluding hydrogens is 405 g/mol. The smallest absolute Gasteiger partial charge is 0.191 e. The molecule has 1 fully saturated rings. The van der Waals surface area contributed by atoms with Crippen molar-refractivity contribution >= 4 is 29.9 Å². The molecule has 0 aromatic heterocycles. The maximum absolute atomic E-state index is 5.96. The molecule has 1 saturated carbocycles. The van der Waals surface area contributed by atoms with E-state index in [4.69, 9.17) is 9.47 Å². The molecule has 0 bridgehead atoms. The van der Waals surface area contributed by atoms with Gasteiger partial charge in [0, 0.05) is 40.0 Å². The Hall–Kier alpha value is -0.0800. The van der Waals surface area contributed by atoms with Crippen LogP contribution in [-0.4, -0.2) is 52.0 Å². The van der Waals surface area contributed by atoms with E-state index in [1.54, 1.807) is 7.11 Å². The van der Waals surface area contributed by atoms with Crippen LogP contribution < -0.4 is 10.6 Å². The minimum atomic E-state index is 0. The Kier molecular flexibility index (Phi) is 15.4. The molecule has 1 atom stereocenters. The van der Waals surface area contributed by atoms with Crippen molar-refractivity contribution in [2.75, 3.05) is 40.0 Å². The highest BCUT2D eigenvalue weighted by atomic mass is 127. The number of hydrogen-bond acceptors (Lipinski definition) is 3. The molecule has 0 aliphatic heterocycles. The SMILES string of the molecule is CCNC(=NCCCOC)NCCC(OCC)C1CCCC1.I. The molecule has 6 heteroatoms. The molecule has 1 unspecified atom stereocenters. The van der Waals surface area contributed by atoms with Gasteiger partial charge in [0.1, 0.15) is 0 Å². The number of ether oxygens (including phenoxy) is 2. The van der Waals surface area contributed by atoms with E-state index in [2.05, 4.69) is 29.5 Å². The Morgan fingerprint density at radius 1 is 1.22 bits per heavy atom. The van der Waals surface area contributed by atoms with Crippen molar-refractivity contribution in [2.45, 2.75) is 58.5 Å². The lowest BCUT2D eigenvalue weighted by Gasteiger charge is -2.24. The summed E-state index contributed by atoms with van der Waals surface area (Å²) < 4.78 is 11.0. The summed E-state index contributed by atoms with van der Waals surface area (Å²) in [5.74, 6) is 1.66. The lowest BCUT2D eigenvalue weighted by Crippen LogP contribution is -2.39. The Balaban J connectivity index is 0.00000484. The van der Waals surface area contributed by atoms with Crippen LogP contribution in [0.1, 0.15) is 52.4 Å². The first-order valence-corrected chi connectivity index (χ1v) is 8.94. The maximum atomic E-state index is 5.96. The number of aliphatic imine (C=N–C) groups is 1. The summed E-state index contributed by atoms with van der Waals surface area (Å²) in [6, 6.07) is 0. The lowest BCUT2D eigenvalue weighted by molar-refractivity contribution is 0.0169. The Bertz CT molecular complexity index is 298. The normalized spacial score (nSPS) is 16.9. The molecule has 138 valence electrons. The van der Waals surface area contributed by atoms with Crippen molar-refractivity contribution in [3.8, 4) is 0 Å². The van der Waals surface area contributed by atoms with Crippen LogP contribution in [0.15, 0.2) is 4.99 Å². The summed E-state index contributed by atoms with van der Waals surface area (Å²) in [7, 11) is 1.73. The van der Waals surface area contributed by atoms with Crippen molar-refractivity contribution < 1.29 is 9.47 Å². The van der Waals surface area contributed by atoms with E-state index in [1.807, 2.05) is 0 Å². The predicted molar refractivity (Wildman–Crippen MR) is 108 cm³/mol. The largest absolute Gasteiger partial charge is 0.385 e. The van der Waals surface area contributed by atoms with Crippen molar-refractivity contribution in [3.05, 3.63) is 0 Å². The molecule has 0 saturated heterocycles. The van der Waals surface area contributed by atoms with Gasteiger partial charge >= 0.3 is 0 Å². The van der Waals surface area contributed by atoms with Crippen LogP contribution in [0.25, 0.3) is 0 Å². The van der Waals surface area contributed by atoms with E-state index in [1.165, 1.54) is 25.7 Å². The number of methoxy groups -OCH3 is 1. The van der Waals surface area contributed by atoms with Crippen LogP contribution in [0.4, 0.5) is 0 Å². The standard InChI is InChI=1S/C17H35N3O2.HI/c1-4-18-17(19-12-8-14-21-3)20-13-11-16(22-5-2)15-9-6-7-10-15;/h15-16H,4-14H2,1-3H3,(H2,18,19,20);1H. The van der Waals surface area contributed by atoms with E-state index in [9.17, 15) is 0 Å². The number of guanidine groups is 1. The summed E-state index contributed by atoms with van der Waals surface area (Å²) in [6.07, 6.45) is 7.80. The van der Waals surface area contributed by atoms with Crippen LogP contribution in [0, 0.1) is 5.92 Å². The van der Waals surface area contributed by atoms with E-state index in [0.29, 0.717) is 6.10 Å². The maximum Gasteiger partial charge on any atom is 0.191 e. The van der Waals surface area contributed by atoms with Gasteiger partial charge in [-0.15, -0.1) is 24.0 Å². The topological polar surface area (TPSA) is 54.9 Å². The summed E-state index contributed by atoms with van der Waals surface area (Å²) in [4.78, 5) is 4.56. The molecule has 0 heterocycles. The van der Waals surface area contributed by atoms with Crippen LogP contribution >= 0.6 is 24.0 Å². The zero-order chi connectivity index (χ0) is 16.0. The molecule has 2 N–H and O–H groups in total. The second-order valence-electron chi connectivity index (χ2n) is 5.86. The highest BCUT2D eigenvalue weighted by Crippen LogP contribution is 2.30. The average molecular weight is 441 g/mol. The first-order valence-electron chi connectivity index (χ1n) is 8.94. The molecule has 23 heavy (non-hydrogen) atoms. The number of rotatable bonds is 11. The third-order valence-electron chi connectivity index (χ3n) is 4.15. The second-order valence-corrected chi connectivity index (χ2v) is 5.86. The van der Waals surface area contributed by atoms with Crippen molar-refractivity contribution in [1.82, 2.24) is 10.6 Å². The third-order valence-corrected chi connectivity index (χ3v) is 4.15. The van der Waals surface area contributed by atoms with Gasteiger partial charge < -0.3 is 20.1 Å². The monoisotopic (exact) mass is 441 g/mol. The number of nitrogens with zero attached hydrogens (tertiary/aromatic N) is 1. The Morgan fingerprint density at radius 3 is 2.57 bits per heavy atom. The fourth-order valence-electron chi connectivity index (χ4n) is 3.07. The summed E-state index contributed by atoms with van der Waals surface area (Å²) >= 11 is 0. The van der Waals surface area contributed by atoms with Crippen LogP contribution in [0.2, 0.25) is 0 Å². The van der Waals surface area contributed by atoms with Gasteiger partial charge in [-0.25, -0.2) is 0 Å². The fourth-order valence-corrected chi connectivity index (χ4v) is 3.07. The van der Waals surface area contributed by atoms with Gasteiger partial charge in [-0.2, -0.15) is 0 Å². The van der Waals surface area contributed by atoms with Crippen LogP contribution in [-0.2, 0) is 9.47 Å². The fraction of sp³-hybridized carbons (Fsp3) is 0.941. The van der Waals surface area contributed by atoms with Gasteiger partial charge in [-0.05, 0) is 45.4 Å². The van der Waals surface area contributed by atoms with E-state index < -0.39 is 0 Å². The van der Waals surface area contributed by atoms with Crippen molar-refractivity contribution in [3.63, 3.8) is 0 Å². The van der Waals surface area contributed by atoms with Gasteiger partial charge in [0.05, 0.1) is 6.10 Å².